The second kappa shape index (κ2) is 5.63. The third-order valence-corrected chi connectivity index (χ3v) is 3.58. The maximum absolute atomic E-state index is 5.68. The number of hydrogen-bond acceptors (Lipinski definition) is 3. The molecule has 1 aromatic carbocycles. The number of benzene rings is 1. The summed E-state index contributed by atoms with van der Waals surface area (Å²) in [6.45, 7) is 6.07. The van der Waals surface area contributed by atoms with E-state index in [9.17, 15) is 0 Å². The van der Waals surface area contributed by atoms with Gasteiger partial charge >= 0.3 is 0 Å². The molecule has 2 atom stereocenters. The maximum atomic E-state index is 5.68. The number of rotatable bonds is 4. The zero-order chi connectivity index (χ0) is 12.3. The topological polar surface area (TPSA) is 47.3 Å². The van der Waals surface area contributed by atoms with Gasteiger partial charge in [0, 0.05) is 12.5 Å². The van der Waals surface area contributed by atoms with Crippen LogP contribution in [0.1, 0.15) is 43.4 Å². The Morgan fingerprint density at radius 1 is 1.24 bits per heavy atom. The second-order valence-electron chi connectivity index (χ2n) is 5.09. The van der Waals surface area contributed by atoms with Crippen LogP contribution in [0.5, 0.6) is 0 Å². The Hall–Kier alpha value is -0.900. The number of hydrazine groups is 1. The Balaban J connectivity index is 2.13. The summed E-state index contributed by atoms with van der Waals surface area (Å²) in [4.78, 5) is 0. The van der Waals surface area contributed by atoms with Gasteiger partial charge in [-0.15, -0.1) is 0 Å². The lowest BCUT2D eigenvalue weighted by atomic mass is 9.91. The van der Waals surface area contributed by atoms with Gasteiger partial charge in [0.2, 0.25) is 0 Å². The van der Waals surface area contributed by atoms with Crippen molar-refractivity contribution in [1.82, 2.24) is 5.43 Å². The SMILES string of the molecule is CC(C)c1ccc(C(NN)C2CCOC2)cc1. The van der Waals surface area contributed by atoms with Crippen LogP contribution in [-0.4, -0.2) is 13.2 Å². The Morgan fingerprint density at radius 3 is 2.35 bits per heavy atom. The molecule has 94 valence electrons. The summed E-state index contributed by atoms with van der Waals surface area (Å²) >= 11 is 0. The van der Waals surface area contributed by atoms with E-state index in [2.05, 4.69) is 43.5 Å². The third kappa shape index (κ3) is 2.86. The molecule has 1 heterocycles. The molecule has 1 aliphatic heterocycles. The Morgan fingerprint density at radius 2 is 1.88 bits per heavy atom. The summed E-state index contributed by atoms with van der Waals surface area (Å²) < 4.78 is 5.43. The van der Waals surface area contributed by atoms with E-state index in [1.54, 1.807) is 0 Å². The van der Waals surface area contributed by atoms with Crippen molar-refractivity contribution >= 4 is 0 Å². The van der Waals surface area contributed by atoms with E-state index in [0.717, 1.165) is 19.6 Å². The number of nitrogens with two attached hydrogens (primary N) is 1. The van der Waals surface area contributed by atoms with Crippen molar-refractivity contribution in [2.75, 3.05) is 13.2 Å². The quantitative estimate of drug-likeness (QED) is 0.621. The monoisotopic (exact) mass is 234 g/mol. The Bertz CT molecular complexity index is 342. The van der Waals surface area contributed by atoms with E-state index in [4.69, 9.17) is 10.6 Å². The molecule has 2 unspecified atom stereocenters. The van der Waals surface area contributed by atoms with E-state index < -0.39 is 0 Å². The van der Waals surface area contributed by atoms with E-state index >= 15 is 0 Å². The van der Waals surface area contributed by atoms with Crippen molar-refractivity contribution in [3.8, 4) is 0 Å². The molecule has 17 heavy (non-hydrogen) atoms. The fourth-order valence-electron chi connectivity index (χ4n) is 2.41. The summed E-state index contributed by atoms with van der Waals surface area (Å²) in [6, 6.07) is 8.95. The molecule has 3 heteroatoms. The van der Waals surface area contributed by atoms with Gasteiger partial charge in [-0.05, 0) is 23.5 Å². The van der Waals surface area contributed by atoms with Crippen LogP contribution >= 0.6 is 0 Å². The van der Waals surface area contributed by atoms with Crippen molar-refractivity contribution in [1.29, 1.82) is 0 Å². The molecule has 0 saturated carbocycles. The van der Waals surface area contributed by atoms with Gasteiger partial charge < -0.3 is 4.74 Å². The summed E-state index contributed by atoms with van der Waals surface area (Å²) in [5.41, 5.74) is 5.55. The summed E-state index contributed by atoms with van der Waals surface area (Å²) in [7, 11) is 0. The van der Waals surface area contributed by atoms with Gasteiger partial charge in [-0.1, -0.05) is 38.1 Å². The molecule has 3 nitrogen and oxygen atoms in total. The average molecular weight is 234 g/mol. The molecule has 0 amide bonds. The van der Waals surface area contributed by atoms with Crippen molar-refractivity contribution in [3.63, 3.8) is 0 Å². The number of ether oxygens (including phenoxy) is 1. The predicted octanol–water partition coefficient (Wildman–Crippen LogP) is 2.35. The van der Waals surface area contributed by atoms with Crippen molar-refractivity contribution in [3.05, 3.63) is 35.4 Å². The minimum absolute atomic E-state index is 0.207. The number of nitrogens with one attached hydrogen (secondary N) is 1. The fraction of sp³-hybridized carbons (Fsp3) is 0.571. The second-order valence-corrected chi connectivity index (χ2v) is 5.09. The summed E-state index contributed by atoms with van der Waals surface area (Å²) in [5, 5.41) is 0. The first-order chi connectivity index (χ1) is 8.22. The van der Waals surface area contributed by atoms with Crippen molar-refractivity contribution in [2.24, 2.45) is 11.8 Å². The lowest BCUT2D eigenvalue weighted by Gasteiger charge is -2.22. The first-order valence-corrected chi connectivity index (χ1v) is 6.36. The highest BCUT2D eigenvalue weighted by Crippen LogP contribution is 2.29. The first-order valence-electron chi connectivity index (χ1n) is 6.36. The van der Waals surface area contributed by atoms with Gasteiger partial charge in [-0.25, -0.2) is 0 Å². The molecule has 0 radical (unpaired) electrons. The minimum atomic E-state index is 0.207. The zero-order valence-electron chi connectivity index (χ0n) is 10.6. The van der Waals surface area contributed by atoms with Crippen LogP contribution in [0.25, 0.3) is 0 Å². The average Bonchev–Trinajstić information content (AvgIpc) is 2.84. The molecular formula is C14H22N2O. The van der Waals surface area contributed by atoms with Gasteiger partial charge in [0.25, 0.3) is 0 Å². The lowest BCUT2D eigenvalue weighted by molar-refractivity contribution is 0.177. The van der Waals surface area contributed by atoms with Crippen LogP contribution in [0, 0.1) is 5.92 Å². The molecule has 2 rings (SSSR count). The smallest absolute Gasteiger partial charge is 0.0513 e. The fourth-order valence-corrected chi connectivity index (χ4v) is 2.41. The molecule has 0 aliphatic carbocycles. The molecule has 1 saturated heterocycles. The largest absolute Gasteiger partial charge is 0.381 e. The Labute approximate surface area is 103 Å². The maximum Gasteiger partial charge on any atom is 0.0513 e. The van der Waals surface area contributed by atoms with Gasteiger partial charge in [0.1, 0.15) is 0 Å². The van der Waals surface area contributed by atoms with Crippen LogP contribution in [-0.2, 0) is 4.74 Å². The van der Waals surface area contributed by atoms with Crippen LogP contribution in [0.3, 0.4) is 0 Å². The van der Waals surface area contributed by atoms with Crippen LogP contribution in [0.4, 0.5) is 0 Å². The highest BCUT2D eigenvalue weighted by Gasteiger charge is 2.26. The van der Waals surface area contributed by atoms with E-state index in [-0.39, 0.29) is 6.04 Å². The first kappa shape index (κ1) is 12.6. The number of hydrogen-bond donors (Lipinski definition) is 2. The normalized spacial score (nSPS) is 22.0. The highest BCUT2D eigenvalue weighted by molar-refractivity contribution is 5.27. The van der Waals surface area contributed by atoms with Crippen molar-refractivity contribution in [2.45, 2.75) is 32.2 Å². The molecule has 0 aromatic heterocycles. The molecule has 0 bridgehead atoms. The van der Waals surface area contributed by atoms with E-state index in [0.29, 0.717) is 11.8 Å². The standard InChI is InChI=1S/C14H22N2O/c1-10(2)11-3-5-12(6-4-11)14(16-15)13-7-8-17-9-13/h3-6,10,13-14,16H,7-9,15H2,1-2H3. The third-order valence-electron chi connectivity index (χ3n) is 3.58. The molecule has 1 fully saturated rings. The van der Waals surface area contributed by atoms with E-state index in [1.165, 1.54) is 11.1 Å². The molecular weight excluding hydrogens is 212 g/mol. The lowest BCUT2D eigenvalue weighted by Crippen LogP contribution is -2.33. The molecule has 3 N–H and O–H groups in total. The predicted molar refractivity (Wildman–Crippen MR) is 69.5 cm³/mol. The Kier molecular flexibility index (Phi) is 4.15. The summed E-state index contributed by atoms with van der Waals surface area (Å²) in [6.07, 6.45) is 1.08. The van der Waals surface area contributed by atoms with Gasteiger partial charge in [-0.2, -0.15) is 0 Å². The highest BCUT2D eigenvalue weighted by atomic mass is 16.5. The van der Waals surface area contributed by atoms with Crippen molar-refractivity contribution < 1.29 is 4.74 Å². The van der Waals surface area contributed by atoms with Gasteiger partial charge in [0.15, 0.2) is 0 Å². The minimum Gasteiger partial charge on any atom is -0.381 e. The molecule has 0 spiro atoms. The van der Waals surface area contributed by atoms with Crippen LogP contribution < -0.4 is 11.3 Å². The van der Waals surface area contributed by atoms with Crippen LogP contribution in [0.2, 0.25) is 0 Å². The van der Waals surface area contributed by atoms with E-state index in [1.807, 2.05) is 0 Å². The van der Waals surface area contributed by atoms with Gasteiger partial charge in [0.05, 0.1) is 12.6 Å². The van der Waals surface area contributed by atoms with Crippen LogP contribution in [0.15, 0.2) is 24.3 Å². The summed E-state index contributed by atoms with van der Waals surface area (Å²) in [5.74, 6) is 6.74. The zero-order valence-corrected chi connectivity index (χ0v) is 10.6. The molecule has 1 aromatic rings. The molecule has 1 aliphatic rings. The van der Waals surface area contributed by atoms with Gasteiger partial charge in [-0.3, -0.25) is 11.3 Å².